The molecule has 0 spiro atoms. The first-order valence-corrected chi connectivity index (χ1v) is 5.49. The van der Waals surface area contributed by atoms with E-state index in [4.69, 9.17) is 14.9 Å². The molecule has 2 N–H and O–H groups in total. The second kappa shape index (κ2) is 3.77. The quantitative estimate of drug-likeness (QED) is 0.525. The van der Waals surface area contributed by atoms with E-state index < -0.39 is 0 Å². The maximum absolute atomic E-state index is 12.3. The number of nitrogens with two attached hydrogens (primary N) is 1. The number of methoxy groups -OCH3 is 1. The molecule has 18 heavy (non-hydrogen) atoms. The van der Waals surface area contributed by atoms with Crippen molar-refractivity contribution in [2.45, 2.75) is 0 Å². The van der Waals surface area contributed by atoms with Gasteiger partial charge in [-0.05, 0) is 36.4 Å². The van der Waals surface area contributed by atoms with Crippen molar-refractivity contribution in [2.24, 2.45) is 0 Å². The van der Waals surface area contributed by atoms with Crippen molar-refractivity contribution in [3.8, 4) is 5.75 Å². The van der Waals surface area contributed by atoms with E-state index in [1.54, 1.807) is 43.5 Å². The van der Waals surface area contributed by atoms with Crippen LogP contribution in [0.5, 0.6) is 5.75 Å². The minimum Gasteiger partial charge on any atom is -0.497 e. The topological polar surface area (TPSA) is 65.5 Å². The van der Waals surface area contributed by atoms with Gasteiger partial charge in [0.15, 0.2) is 0 Å². The normalized spacial score (nSPS) is 10.9. The van der Waals surface area contributed by atoms with Crippen LogP contribution < -0.4 is 15.9 Å². The lowest BCUT2D eigenvalue weighted by molar-refractivity contribution is 0.415. The standard InChI is InChI=1S/C14H11NO3/c1-17-9-3-5-13-11(7-9)14(16)10-6-8(15)2-4-12(10)18-13/h2-7H,15H2,1H3. The van der Waals surface area contributed by atoms with Crippen LogP contribution in [0.25, 0.3) is 21.9 Å². The van der Waals surface area contributed by atoms with E-state index in [-0.39, 0.29) is 5.43 Å². The Bertz CT molecular complexity index is 805. The van der Waals surface area contributed by atoms with Crippen LogP contribution in [0.4, 0.5) is 5.69 Å². The van der Waals surface area contributed by atoms with Crippen molar-refractivity contribution in [3.63, 3.8) is 0 Å². The van der Waals surface area contributed by atoms with Gasteiger partial charge in [-0.3, -0.25) is 4.79 Å². The number of ether oxygens (including phenoxy) is 1. The van der Waals surface area contributed by atoms with Crippen LogP contribution in [0, 0.1) is 0 Å². The van der Waals surface area contributed by atoms with Gasteiger partial charge < -0.3 is 14.9 Å². The van der Waals surface area contributed by atoms with E-state index >= 15 is 0 Å². The highest BCUT2D eigenvalue weighted by atomic mass is 16.5. The molecule has 0 amide bonds. The largest absolute Gasteiger partial charge is 0.497 e. The van der Waals surface area contributed by atoms with Crippen molar-refractivity contribution in [1.29, 1.82) is 0 Å². The molecular formula is C14H11NO3. The Balaban J connectivity index is 2.49. The first-order valence-electron chi connectivity index (χ1n) is 5.49. The highest BCUT2D eigenvalue weighted by molar-refractivity contribution is 5.91. The molecule has 0 radical (unpaired) electrons. The first kappa shape index (κ1) is 10.7. The minimum atomic E-state index is -0.0996. The summed E-state index contributed by atoms with van der Waals surface area (Å²) in [5.41, 5.74) is 7.20. The zero-order valence-electron chi connectivity index (χ0n) is 9.77. The molecule has 0 bridgehead atoms. The maximum Gasteiger partial charge on any atom is 0.200 e. The van der Waals surface area contributed by atoms with Crippen LogP contribution in [0.15, 0.2) is 45.6 Å². The lowest BCUT2D eigenvalue weighted by atomic mass is 10.1. The lowest BCUT2D eigenvalue weighted by Crippen LogP contribution is -2.03. The summed E-state index contributed by atoms with van der Waals surface area (Å²) in [5.74, 6) is 0.623. The van der Waals surface area contributed by atoms with Crippen molar-refractivity contribution in [3.05, 3.63) is 46.6 Å². The van der Waals surface area contributed by atoms with Crippen molar-refractivity contribution < 1.29 is 9.15 Å². The molecule has 4 nitrogen and oxygen atoms in total. The molecule has 0 atom stereocenters. The summed E-state index contributed by atoms with van der Waals surface area (Å²) < 4.78 is 10.8. The zero-order valence-corrected chi connectivity index (χ0v) is 9.77. The highest BCUT2D eigenvalue weighted by Crippen LogP contribution is 2.23. The summed E-state index contributed by atoms with van der Waals surface area (Å²) in [6.07, 6.45) is 0. The number of benzene rings is 2. The van der Waals surface area contributed by atoms with Gasteiger partial charge in [-0.1, -0.05) is 0 Å². The van der Waals surface area contributed by atoms with Crippen LogP contribution in [-0.2, 0) is 0 Å². The van der Waals surface area contributed by atoms with Gasteiger partial charge in [-0.2, -0.15) is 0 Å². The maximum atomic E-state index is 12.3. The summed E-state index contributed by atoms with van der Waals surface area (Å²) in [7, 11) is 1.56. The fraction of sp³-hybridized carbons (Fsp3) is 0.0714. The Kier molecular flexibility index (Phi) is 2.23. The molecule has 3 aromatic rings. The van der Waals surface area contributed by atoms with E-state index in [1.807, 2.05) is 0 Å². The Labute approximate surface area is 103 Å². The Morgan fingerprint density at radius 3 is 2.44 bits per heavy atom. The summed E-state index contributed by atoms with van der Waals surface area (Å²) in [4.78, 5) is 12.3. The molecule has 3 rings (SSSR count). The van der Waals surface area contributed by atoms with Gasteiger partial charge in [0.05, 0.1) is 17.9 Å². The summed E-state index contributed by atoms with van der Waals surface area (Å²) in [6, 6.07) is 10.2. The van der Waals surface area contributed by atoms with Crippen LogP contribution in [0.3, 0.4) is 0 Å². The van der Waals surface area contributed by atoms with Crippen LogP contribution in [0.2, 0.25) is 0 Å². The van der Waals surface area contributed by atoms with E-state index in [9.17, 15) is 4.79 Å². The van der Waals surface area contributed by atoms with Crippen LogP contribution in [-0.4, -0.2) is 7.11 Å². The van der Waals surface area contributed by atoms with Crippen molar-refractivity contribution >= 4 is 27.6 Å². The third kappa shape index (κ3) is 1.50. The molecule has 90 valence electrons. The molecule has 0 saturated heterocycles. The highest BCUT2D eigenvalue weighted by Gasteiger charge is 2.08. The van der Waals surface area contributed by atoms with Crippen molar-refractivity contribution in [2.75, 3.05) is 12.8 Å². The van der Waals surface area contributed by atoms with Gasteiger partial charge in [0, 0.05) is 5.69 Å². The summed E-state index contributed by atoms with van der Waals surface area (Å²) >= 11 is 0. The number of hydrogen-bond donors (Lipinski definition) is 1. The molecule has 4 heteroatoms. The number of hydrogen-bond acceptors (Lipinski definition) is 4. The molecule has 0 aliphatic rings. The van der Waals surface area contributed by atoms with Crippen LogP contribution in [0.1, 0.15) is 0 Å². The Morgan fingerprint density at radius 1 is 1.06 bits per heavy atom. The van der Waals surface area contributed by atoms with E-state index in [2.05, 4.69) is 0 Å². The molecule has 2 aromatic carbocycles. The third-order valence-electron chi connectivity index (χ3n) is 2.90. The Morgan fingerprint density at radius 2 is 1.72 bits per heavy atom. The molecule has 0 saturated carbocycles. The molecule has 0 unspecified atom stereocenters. The molecular weight excluding hydrogens is 230 g/mol. The van der Waals surface area contributed by atoms with Crippen LogP contribution >= 0.6 is 0 Å². The number of rotatable bonds is 1. The molecule has 0 aliphatic carbocycles. The van der Waals surface area contributed by atoms with Gasteiger partial charge in [-0.25, -0.2) is 0 Å². The van der Waals surface area contributed by atoms with Gasteiger partial charge in [0.1, 0.15) is 16.9 Å². The van der Waals surface area contributed by atoms with E-state index in [1.165, 1.54) is 0 Å². The van der Waals surface area contributed by atoms with Gasteiger partial charge in [0.25, 0.3) is 0 Å². The average Bonchev–Trinajstić information content (AvgIpc) is 2.40. The smallest absolute Gasteiger partial charge is 0.200 e. The number of nitrogen functional groups attached to an aromatic ring is 1. The molecule has 1 heterocycles. The first-order chi connectivity index (χ1) is 8.69. The molecule has 0 fully saturated rings. The average molecular weight is 241 g/mol. The Hall–Kier alpha value is -2.49. The number of anilines is 1. The molecule has 0 aliphatic heterocycles. The lowest BCUT2D eigenvalue weighted by Gasteiger charge is -2.04. The fourth-order valence-corrected chi connectivity index (χ4v) is 1.98. The van der Waals surface area contributed by atoms with Gasteiger partial charge >= 0.3 is 0 Å². The predicted molar refractivity (Wildman–Crippen MR) is 71.0 cm³/mol. The van der Waals surface area contributed by atoms with E-state index in [0.717, 1.165) is 0 Å². The minimum absolute atomic E-state index is 0.0996. The zero-order chi connectivity index (χ0) is 12.7. The SMILES string of the molecule is COc1ccc2oc3ccc(N)cc3c(=O)c2c1. The van der Waals surface area contributed by atoms with E-state index in [0.29, 0.717) is 33.4 Å². The predicted octanol–water partition coefficient (Wildman–Crippen LogP) is 2.54. The number of fused-ring (bicyclic) bond motifs is 2. The second-order valence-corrected chi connectivity index (χ2v) is 4.05. The monoisotopic (exact) mass is 241 g/mol. The van der Waals surface area contributed by atoms with Crippen molar-refractivity contribution in [1.82, 2.24) is 0 Å². The second-order valence-electron chi connectivity index (χ2n) is 4.05. The summed E-state index contributed by atoms with van der Waals surface area (Å²) in [5, 5.41) is 0.975. The third-order valence-corrected chi connectivity index (χ3v) is 2.90. The fourth-order valence-electron chi connectivity index (χ4n) is 1.98. The molecule has 1 aromatic heterocycles. The van der Waals surface area contributed by atoms with Gasteiger partial charge in [0.2, 0.25) is 5.43 Å². The summed E-state index contributed by atoms with van der Waals surface area (Å²) in [6.45, 7) is 0. The van der Waals surface area contributed by atoms with Gasteiger partial charge in [-0.15, -0.1) is 0 Å².